The van der Waals surface area contributed by atoms with Gasteiger partial charge in [-0.05, 0) is 50.1 Å². The number of aryl methyl sites for hydroxylation is 3. The minimum absolute atomic E-state index is 0.154. The number of amides is 1. The van der Waals surface area contributed by atoms with E-state index < -0.39 is 5.91 Å². The van der Waals surface area contributed by atoms with Crippen molar-refractivity contribution in [3.05, 3.63) is 92.4 Å². The van der Waals surface area contributed by atoms with E-state index in [1.165, 1.54) is 0 Å². The van der Waals surface area contributed by atoms with Crippen LogP contribution in [0.5, 0.6) is 5.75 Å². The molecule has 9 heteroatoms. The number of carbonyl (C=O) groups is 1. The van der Waals surface area contributed by atoms with E-state index in [9.17, 15) is 4.79 Å². The molecule has 0 bridgehead atoms. The molecule has 170 valence electrons. The zero-order valence-corrected chi connectivity index (χ0v) is 19.9. The molecule has 2 heterocycles. The van der Waals surface area contributed by atoms with Crippen LogP contribution in [0.25, 0.3) is 0 Å². The van der Waals surface area contributed by atoms with Crippen molar-refractivity contribution in [1.82, 2.24) is 14.9 Å². The average molecular weight is 485 g/mol. The van der Waals surface area contributed by atoms with Crippen molar-refractivity contribution in [3.63, 3.8) is 0 Å². The maximum Gasteiger partial charge on any atom is 0.279 e. The van der Waals surface area contributed by atoms with Crippen molar-refractivity contribution in [3.8, 4) is 5.75 Å². The fourth-order valence-corrected chi connectivity index (χ4v) is 3.81. The zero-order chi connectivity index (χ0) is 23.5. The van der Waals surface area contributed by atoms with Gasteiger partial charge in [0.05, 0.1) is 12.1 Å². The summed E-state index contributed by atoms with van der Waals surface area (Å²) in [5.74, 6) is 1.20. The second kappa shape index (κ2) is 9.68. The Morgan fingerprint density at radius 3 is 2.61 bits per heavy atom. The zero-order valence-electron chi connectivity index (χ0n) is 18.4. The first kappa shape index (κ1) is 22.9. The van der Waals surface area contributed by atoms with Crippen LogP contribution in [0.2, 0.25) is 10.0 Å². The molecule has 7 nitrogen and oxygen atoms in total. The molecule has 2 aromatic carbocycles. The highest BCUT2D eigenvalue weighted by Crippen LogP contribution is 2.26. The molecule has 0 spiro atoms. The fraction of sp³-hybridized carbons (Fsp3) is 0.208. The van der Waals surface area contributed by atoms with E-state index >= 15 is 0 Å². The number of carbonyl (C=O) groups excluding carboxylic acids is 1. The van der Waals surface area contributed by atoms with Gasteiger partial charge in [0.1, 0.15) is 18.1 Å². The number of nitrogens with zero attached hydrogens (tertiary/aromatic N) is 3. The number of benzene rings is 2. The van der Waals surface area contributed by atoms with Crippen LogP contribution in [-0.4, -0.2) is 20.8 Å². The van der Waals surface area contributed by atoms with Crippen LogP contribution in [0.4, 0.5) is 5.82 Å². The minimum Gasteiger partial charge on any atom is -0.488 e. The van der Waals surface area contributed by atoms with E-state index in [1.54, 1.807) is 42.1 Å². The number of hydrogen-bond donors (Lipinski definition) is 1. The predicted octanol–water partition coefficient (Wildman–Crippen LogP) is 5.98. The Kier molecular flexibility index (Phi) is 6.72. The molecule has 0 saturated carbocycles. The largest absolute Gasteiger partial charge is 0.488 e. The molecule has 0 aliphatic heterocycles. The second-order valence-corrected chi connectivity index (χ2v) is 8.49. The Balaban J connectivity index is 1.46. The number of nitrogens with one attached hydrogen (secondary N) is 1. The summed E-state index contributed by atoms with van der Waals surface area (Å²) in [6.07, 6.45) is 1.73. The maximum atomic E-state index is 12.9. The standard InChI is InChI=1S/C24H22Cl2N4O3/c1-14-7-8-15(2)21(11-14)32-13-18-16(3)33-29-23(18)24(31)27-22-9-10-30(28-22)12-17-19(25)5-4-6-20(17)26/h4-11H,12-13H2,1-3H3,(H,27,28,31). The summed E-state index contributed by atoms with van der Waals surface area (Å²) in [5, 5.41) is 12.2. The highest BCUT2D eigenvalue weighted by molar-refractivity contribution is 6.35. The Morgan fingerprint density at radius 1 is 1.09 bits per heavy atom. The minimum atomic E-state index is -0.438. The van der Waals surface area contributed by atoms with E-state index in [4.69, 9.17) is 32.5 Å². The summed E-state index contributed by atoms with van der Waals surface area (Å²) < 4.78 is 12.9. The summed E-state index contributed by atoms with van der Waals surface area (Å²) in [6.45, 7) is 6.23. The molecule has 0 fully saturated rings. The highest BCUT2D eigenvalue weighted by atomic mass is 35.5. The molecule has 0 aliphatic rings. The van der Waals surface area contributed by atoms with Crippen LogP contribution in [0.3, 0.4) is 0 Å². The molecular weight excluding hydrogens is 463 g/mol. The fourth-order valence-electron chi connectivity index (χ4n) is 3.29. The van der Waals surface area contributed by atoms with Crippen LogP contribution in [0.1, 0.15) is 38.5 Å². The number of hydrogen-bond acceptors (Lipinski definition) is 5. The normalized spacial score (nSPS) is 10.9. The number of aromatic nitrogens is 3. The molecule has 4 aromatic rings. The van der Waals surface area contributed by atoms with E-state index in [0.29, 0.717) is 33.7 Å². The summed E-state index contributed by atoms with van der Waals surface area (Å²) in [4.78, 5) is 12.9. The molecule has 0 saturated heterocycles. The van der Waals surface area contributed by atoms with E-state index in [-0.39, 0.29) is 12.3 Å². The van der Waals surface area contributed by atoms with Gasteiger partial charge in [0.15, 0.2) is 11.5 Å². The van der Waals surface area contributed by atoms with Crippen molar-refractivity contribution in [2.45, 2.75) is 33.9 Å². The number of anilines is 1. The van der Waals surface area contributed by atoms with E-state index in [2.05, 4.69) is 15.6 Å². The number of halogens is 2. The molecular formula is C24H22Cl2N4O3. The van der Waals surface area contributed by atoms with Crippen molar-refractivity contribution >= 4 is 34.9 Å². The molecule has 0 atom stereocenters. The van der Waals surface area contributed by atoms with Crippen molar-refractivity contribution in [2.75, 3.05) is 5.32 Å². The first-order valence-electron chi connectivity index (χ1n) is 10.2. The summed E-state index contributed by atoms with van der Waals surface area (Å²) in [6, 6.07) is 13.0. The van der Waals surface area contributed by atoms with Crippen molar-refractivity contribution in [1.29, 1.82) is 0 Å². The van der Waals surface area contributed by atoms with Gasteiger partial charge in [0.25, 0.3) is 5.91 Å². The number of ether oxygens (including phenoxy) is 1. The molecule has 1 amide bonds. The second-order valence-electron chi connectivity index (χ2n) is 7.68. The topological polar surface area (TPSA) is 82.2 Å². The lowest BCUT2D eigenvalue weighted by Crippen LogP contribution is -2.16. The maximum absolute atomic E-state index is 12.9. The lowest BCUT2D eigenvalue weighted by Gasteiger charge is -2.10. The first-order chi connectivity index (χ1) is 15.8. The SMILES string of the molecule is Cc1ccc(C)c(OCc2c(C(=O)Nc3ccn(Cc4c(Cl)cccc4Cl)n3)noc2C)c1. The monoisotopic (exact) mass is 484 g/mol. The Morgan fingerprint density at radius 2 is 1.85 bits per heavy atom. The molecule has 33 heavy (non-hydrogen) atoms. The van der Waals surface area contributed by atoms with E-state index in [0.717, 1.165) is 22.4 Å². The third-order valence-corrected chi connectivity index (χ3v) is 5.89. The summed E-state index contributed by atoms with van der Waals surface area (Å²) in [7, 11) is 0. The Bertz CT molecular complexity index is 1290. The molecule has 1 N–H and O–H groups in total. The third-order valence-electron chi connectivity index (χ3n) is 5.18. The van der Waals surface area contributed by atoms with Gasteiger partial charge in [-0.1, -0.05) is 46.6 Å². The van der Waals surface area contributed by atoms with Gasteiger partial charge in [-0.2, -0.15) is 5.10 Å². The average Bonchev–Trinajstić information content (AvgIpc) is 3.37. The summed E-state index contributed by atoms with van der Waals surface area (Å²) >= 11 is 12.5. The third kappa shape index (κ3) is 5.21. The van der Waals surface area contributed by atoms with Crippen molar-refractivity contribution in [2.24, 2.45) is 0 Å². The van der Waals surface area contributed by atoms with Crippen LogP contribution in [0.15, 0.2) is 53.2 Å². The van der Waals surface area contributed by atoms with Gasteiger partial charge in [-0.25, -0.2) is 0 Å². The molecule has 0 radical (unpaired) electrons. The lowest BCUT2D eigenvalue weighted by atomic mass is 10.1. The van der Waals surface area contributed by atoms with Crippen LogP contribution < -0.4 is 10.1 Å². The smallest absolute Gasteiger partial charge is 0.279 e. The van der Waals surface area contributed by atoms with Gasteiger partial charge in [0, 0.05) is 27.9 Å². The predicted molar refractivity (Wildman–Crippen MR) is 127 cm³/mol. The Labute approximate surface area is 201 Å². The highest BCUT2D eigenvalue weighted by Gasteiger charge is 2.21. The van der Waals surface area contributed by atoms with Gasteiger partial charge in [0.2, 0.25) is 0 Å². The van der Waals surface area contributed by atoms with Crippen LogP contribution >= 0.6 is 23.2 Å². The van der Waals surface area contributed by atoms with Crippen LogP contribution in [0, 0.1) is 20.8 Å². The first-order valence-corrected chi connectivity index (χ1v) is 11.0. The van der Waals surface area contributed by atoms with Gasteiger partial charge in [-0.15, -0.1) is 0 Å². The van der Waals surface area contributed by atoms with Gasteiger partial charge < -0.3 is 14.6 Å². The van der Waals surface area contributed by atoms with Crippen molar-refractivity contribution < 1.29 is 14.1 Å². The quantitative estimate of drug-likeness (QED) is 0.348. The number of rotatable bonds is 7. The molecule has 2 aromatic heterocycles. The summed E-state index contributed by atoms with van der Waals surface area (Å²) in [5.41, 5.74) is 3.58. The van der Waals surface area contributed by atoms with Crippen LogP contribution in [-0.2, 0) is 13.2 Å². The molecule has 0 unspecified atom stereocenters. The lowest BCUT2D eigenvalue weighted by molar-refractivity contribution is 0.101. The van der Waals surface area contributed by atoms with Gasteiger partial charge >= 0.3 is 0 Å². The molecule has 4 rings (SSSR count). The van der Waals surface area contributed by atoms with Gasteiger partial charge in [-0.3, -0.25) is 9.48 Å². The van der Waals surface area contributed by atoms with E-state index in [1.807, 2.05) is 32.0 Å². The molecule has 0 aliphatic carbocycles. The Hall–Kier alpha value is -3.29.